The van der Waals surface area contributed by atoms with Crippen molar-refractivity contribution >= 4 is 11.9 Å². The zero-order valence-corrected chi connectivity index (χ0v) is 14.6. The number of methoxy groups -OCH3 is 1. The summed E-state index contributed by atoms with van der Waals surface area (Å²) in [5, 5.41) is 22.9. The van der Waals surface area contributed by atoms with Crippen LogP contribution in [-0.2, 0) is 14.3 Å². The van der Waals surface area contributed by atoms with E-state index in [-0.39, 0.29) is 0 Å². The molecule has 1 aliphatic rings. The monoisotopic (exact) mass is 359 g/mol. The molecular formula is C21H17N3O3. The van der Waals surface area contributed by atoms with Crippen LogP contribution >= 0.6 is 0 Å². The molecule has 27 heavy (non-hydrogen) atoms. The fourth-order valence-corrected chi connectivity index (χ4v) is 3.71. The van der Waals surface area contributed by atoms with Crippen molar-refractivity contribution in [3.05, 3.63) is 71.8 Å². The second kappa shape index (κ2) is 7.31. The molecule has 1 heterocycles. The number of nitrogens with zero attached hydrogens (tertiary/aromatic N) is 2. The first-order valence-electron chi connectivity index (χ1n) is 8.39. The van der Waals surface area contributed by atoms with Crippen molar-refractivity contribution in [2.24, 2.45) is 11.3 Å². The van der Waals surface area contributed by atoms with Crippen LogP contribution in [0, 0.1) is 34.0 Å². The summed E-state index contributed by atoms with van der Waals surface area (Å²) in [4.78, 5) is 25.3. The molecule has 134 valence electrons. The summed E-state index contributed by atoms with van der Waals surface area (Å²) in [6, 6.07) is 20.9. The number of hydrogen-bond acceptors (Lipinski definition) is 5. The first-order valence-corrected chi connectivity index (χ1v) is 8.39. The van der Waals surface area contributed by atoms with Crippen LogP contribution in [0.3, 0.4) is 0 Å². The minimum Gasteiger partial charge on any atom is -0.468 e. The number of rotatable bonds is 3. The summed E-state index contributed by atoms with van der Waals surface area (Å²) in [5.74, 6) is -3.61. The Morgan fingerprint density at radius 1 is 1.00 bits per heavy atom. The van der Waals surface area contributed by atoms with Crippen molar-refractivity contribution in [2.75, 3.05) is 7.11 Å². The number of carbonyl (C=O) groups excluding carboxylic acids is 2. The molecule has 0 aromatic heterocycles. The Morgan fingerprint density at radius 2 is 1.52 bits per heavy atom. The van der Waals surface area contributed by atoms with Crippen molar-refractivity contribution in [3.63, 3.8) is 0 Å². The highest BCUT2D eigenvalue weighted by Crippen LogP contribution is 2.52. The lowest BCUT2D eigenvalue weighted by atomic mass is 9.60. The van der Waals surface area contributed by atoms with E-state index in [4.69, 9.17) is 4.74 Å². The Bertz CT molecular complexity index is 915. The number of amides is 1. The van der Waals surface area contributed by atoms with Gasteiger partial charge in [0.15, 0.2) is 5.41 Å². The smallest absolute Gasteiger partial charge is 0.318 e. The Balaban J connectivity index is 2.26. The van der Waals surface area contributed by atoms with Crippen LogP contribution in [0.2, 0.25) is 0 Å². The van der Waals surface area contributed by atoms with Gasteiger partial charge in [0, 0.05) is 5.92 Å². The van der Waals surface area contributed by atoms with Gasteiger partial charge in [-0.25, -0.2) is 0 Å². The van der Waals surface area contributed by atoms with E-state index in [2.05, 4.69) is 17.5 Å². The molecule has 0 radical (unpaired) electrons. The maximum Gasteiger partial charge on any atom is 0.318 e. The third-order valence-corrected chi connectivity index (χ3v) is 4.97. The van der Waals surface area contributed by atoms with Crippen LogP contribution in [0.4, 0.5) is 0 Å². The van der Waals surface area contributed by atoms with Gasteiger partial charge in [0.05, 0.1) is 25.3 Å². The predicted octanol–water partition coefficient (Wildman–Crippen LogP) is 2.46. The van der Waals surface area contributed by atoms with E-state index in [1.807, 2.05) is 0 Å². The minimum absolute atomic E-state index is 0.562. The molecule has 2 aromatic carbocycles. The normalized spacial score (nSPS) is 23.4. The summed E-state index contributed by atoms with van der Waals surface area (Å²) >= 11 is 0. The van der Waals surface area contributed by atoms with Gasteiger partial charge in [-0.1, -0.05) is 60.7 Å². The van der Waals surface area contributed by atoms with Gasteiger partial charge in [-0.15, -0.1) is 0 Å². The standard InChI is InChI=1S/C21H17N3O3/c1-27-20(26)16-17(14-8-4-2-5-9-14)21(12-22,13-23)18(24-19(16)25)15-10-6-3-7-11-15/h2-11,16-18H,1H3,(H,24,25). The number of carbonyl (C=O) groups is 2. The number of nitriles is 2. The number of nitrogens with one attached hydrogen (secondary N) is 1. The predicted molar refractivity (Wildman–Crippen MR) is 95.7 cm³/mol. The largest absolute Gasteiger partial charge is 0.468 e. The van der Waals surface area contributed by atoms with E-state index in [0.29, 0.717) is 11.1 Å². The molecule has 6 heteroatoms. The maximum absolute atomic E-state index is 12.9. The first kappa shape index (κ1) is 18.2. The molecule has 0 bridgehead atoms. The Kier molecular flexibility index (Phi) is 4.92. The molecule has 6 nitrogen and oxygen atoms in total. The quantitative estimate of drug-likeness (QED) is 0.670. The third-order valence-electron chi connectivity index (χ3n) is 4.97. The van der Waals surface area contributed by atoms with Crippen LogP contribution in [0.5, 0.6) is 0 Å². The molecule has 0 saturated carbocycles. The van der Waals surface area contributed by atoms with E-state index in [1.54, 1.807) is 60.7 Å². The van der Waals surface area contributed by atoms with Crippen molar-refractivity contribution < 1.29 is 14.3 Å². The lowest BCUT2D eigenvalue weighted by Crippen LogP contribution is -2.56. The highest BCUT2D eigenvalue weighted by molar-refractivity contribution is 6.00. The van der Waals surface area contributed by atoms with Gasteiger partial charge in [-0.2, -0.15) is 10.5 Å². The van der Waals surface area contributed by atoms with Crippen molar-refractivity contribution in [3.8, 4) is 12.1 Å². The summed E-state index contributed by atoms with van der Waals surface area (Å²) in [6.45, 7) is 0. The molecule has 0 aliphatic carbocycles. The van der Waals surface area contributed by atoms with Gasteiger partial charge in [0.2, 0.25) is 5.91 Å². The van der Waals surface area contributed by atoms with Crippen LogP contribution in [0.25, 0.3) is 0 Å². The van der Waals surface area contributed by atoms with Crippen LogP contribution in [0.1, 0.15) is 23.1 Å². The molecule has 1 N–H and O–H groups in total. The lowest BCUT2D eigenvalue weighted by molar-refractivity contribution is -0.154. The molecule has 1 saturated heterocycles. The zero-order valence-electron chi connectivity index (χ0n) is 14.6. The molecule has 3 atom stereocenters. The second-order valence-electron chi connectivity index (χ2n) is 6.33. The van der Waals surface area contributed by atoms with E-state index in [1.165, 1.54) is 7.11 Å². The Hall–Kier alpha value is -3.64. The van der Waals surface area contributed by atoms with Gasteiger partial charge < -0.3 is 10.1 Å². The topological polar surface area (TPSA) is 103 Å². The summed E-state index contributed by atoms with van der Waals surface area (Å²) < 4.78 is 4.82. The molecule has 1 fully saturated rings. The highest BCUT2D eigenvalue weighted by atomic mass is 16.5. The fraction of sp³-hybridized carbons (Fsp3) is 0.238. The van der Waals surface area contributed by atoms with E-state index < -0.39 is 35.2 Å². The molecule has 3 unspecified atom stereocenters. The third kappa shape index (κ3) is 2.92. The summed E-state index contributed by atoms with van der Waals surface area (Å²) in [7, 11) is 1.18. The molecule has 1 amide bonds. The average Bonchev–Trinajstić information content (AvgIpc) is 2.73. The van der Waals surface area contributed by atoms with Gasteiger partial charge >= 0.3 is 5.97 Å². The Morgan fingerprint density at radius 3 is 2.00 bits per heavy atom. The maximum atomic E-state index is 12.9. The average molecular weight is 359 g/mol. The van der Waals surface area contributed by atoms with Crippen molar-refractivity contribution in [2.45, 2.75) is 12.0 Å². The van der Waals surface area contributed by atoms with E-state index in [9.17, 15) is 20.1 Å². The molecule has 2 aromatic rings. The summed E-state index contributed by atoms with van der Waals surface area (Å²) in [6.07, 6.45) is 0. The van der Waals surface area contributed by atoms with Gasteiger partial charge in [0.1, 0.15) is 5.92 Å². The van der Waals surface area contributed by atoms with Crippen LogP contribution in [0.15, 0.2) is 60.7 Å². The zero-order chi connectivity index (χ0) is 19.4. The SMILES string of the molecule is COC(=O)C1C(=O)NC(c2ccccc2)C(C#N)(C#N)C1c1ccccc1. The molecule has 0 spiro atoms. The number of hydrogen-bond donors (Lipinski definition) is 1. The Labute approximate surface area is 157 Å². The number of benzene rings is 2. The van der Waals surface area contributed by atoms with E-state index in [0.717, 1.165) is 0 Å². The number of ether oxygens (including phenoxy) is 1. The van der Waals surface area contributed by atoms with Crippen molar-refractivity contribution in [1.82, 2.24) is 5.32 Å². The van der Waals surface area contributed by atoms with Gasteiger partial charge in [0.25, 0.3) is 0 Å². The van der Waals surface area contributed by atoms with Gasteiger partial charge in [-0.05, 0) is 11.1 Å². The lowest BCUT2D eigenvalue weighted by Gasteiger charge is -2.44. The molecule has 3 rings (SSSR count). The fourth-order valence-electron chi connectivity index (χ4n) is 3.71. The van der Waals surface area contributed by atoms with Gasteiger partial charge in [-0.3, -0.25) is 9.59 Å². The molecule has 1 aliphatic heterocycles. The molecular weight excluding hydrogens is 342 g/mol. The van der Waals surface area contributed by atoms with Crippen LogP contribution < -0.4 is 5.32 Å². The van der Waals surface area contributed by atoms with Crippen molar-refractivity contribution in [1.29, 1.82) is 10.5 Å². The van der Waals surface area contributed by atoms with E-state index >= 15 is 0 Å². The summed E-state index contributed by atoms with van der Waals surface area (Å²) in [5.41, 5.74) is -0.500. The second-order valence-corrected chi connectivity index (χ2v) is 6.33. The number of piperidine rings is 1. The minimum atomic E-state index is -1.69. The first-order chi connectivity index (χ1) is 13.1. The van der Waals surface area contributed by atoms with Crippen LogP contribution in [-0.4, -0.2) is 19.0 Å². The number of esters is 1. The highest BCUT2D eigenvalue weighted by Gasteiger charge is 2.59.